The van der Waals surface area contributed by atoms with E-state index in [2.05, 4.69) is 17.3 Å². The summed E-state index contributed by atoms with van der Waals surface area (Å²) in [5, 5.41) is 3.46. The molecule has 2 nitrogen and oxygen atoms in total. The summed E-state index contributed by atoms with van der Waals surface area (Å²) in [4.78, 5) is 0. The van der Waals surface area contributed by atoms with Gasteiger partial charge in [0.25, 0.3) is 0 Å². The Morgan fingerprint density at radius 2 is 2.33 bits per heavy atom. The third kappa shape index (κ3) is 2.31. The fraction of sp³-hybridized carbons (Fsp3) is 0.385. The minimum atomic E-state index is 0.392. The average molecular weight is 201 g/mol. The van der Waals surface area contributed by atoms with Gasteiger partial charge in [0.1, 0.15) is 5.75 Å². The van der Waals surface area contributed by atoms with Gasteiger partial charge >= 0.3 is 0 Å². The lowest BCUT2D eigenvalue weighted by Crippen LogP contribution is -2.27. The van der Waals surface area contributed by atoms with Crippen LogP contribution in [0.25, 0.3) is 0 Å². The van der Waals surface area contributed by atoms with Gasteiger partial charge in [0.05, 0.1) is 6.61 Å². The van der Waals surface area contributed by atoms with Crippen LogP contribution < -0.4 is 10.1 Å². The molecular formula is C13H15NO. The molecule has 2 heteroatoms. The molecule has 1 aromatic carbocycles. The van der Waals surface area contributed by atoms with E-state index in [1.54, 1.807) is 0 Å². The van der Waals surface area contributed by atoms with Crippen molar-refractivity contribution in [3.8, 4) is 18.1 Å². The van der Waals surface area contributed by atoms with Gasteiger partial charge in [0.15, 0.2) is 0 Å². The molecule has 0 aromatic heterocycles. The van der Waals surface area contributed by atoms with Crippen molar-refractivity contribution in [1.29, 1.82) is 0 Å². The number of fused-ring (bicyclic) bond motifs is 1. The van der Waals surface area contributed by atoms with Crippen molar-refractivity contribution in [2.45, 2.75) is 18.9 Å². The highest BCUT2D eigenvalue weighted by Crippen LogP contribution is 2.31. The number of nitrogens with one attached hydrogen (secondary N) is 1. The Morgan fingerprint density at radius 1 is 1.47 bits per heavy atom. The van der Waals surface area contributed by atoms with Crippen LogP contribution in [-0.4, -0.2) is 13.2 Å². The van der Waals surface area contributed by atoms with Gasteiger partial charge in [-0.15, -0.1) is 12.3 Å². The smallest absolute Gasteiger partial charge is 0.124 e. The van der Waals surface area contributed by atoms with E-state index in [1.165, 1.54) is 5.56 Å². The fourth-order valence-corrected chi connectivity index (χ4v) is 1.87. The number of hydrogen-bond donors (Lipinski definition) is 1. The van der Waals surface area contributed by atoms with Crippen LogP contribution in [0.4, 0.5) is 0 Å². The molecule has 0 saturated carbocycles. The number of benzene rings is 1. The van der Waals surface area contributed by atoms with Gasteiger partial charge in [-0.25, -0.2) is 0 Å². The van der Waals surface area contributed by atoms with Crippen LogP contribution in [0, 0.1) is 12.3 Å². The van der Waals surface area contributed by atoms with Crippen LogP contribution in [0.5, 0.6) is 5.75 Å². The zero-order valence-electron chi connectivity index (χ0n) is 8.70. The molecule has 0 bridgehead atoms. The van der Waals surface area contributed by atoms with Crippen LogP contribution in [0.1, 0.15) is 24.4 Å². The molecule has 1 heterocycles. The Morgan fingerprint density at radius 3 is 3.20 bits per heavy atom. The van der Waals surface area contributed by atoms with Gasteiger partial charge in [-0.05, 0) is 6.07 Å². The summed E-state index contributed by atoms with van der Waals surface area (Å²) in [5.74, 6) is 3.64. The molecule has 1 unspecified atom stereocenters. The van der Waals surface area contributed by atoms with Crippen LogP contribution in [0.2, 0.25) is 0 Å². The lowest BCUT2D eigenvalue weighted by Gasteiger charge is -2.26. The molecule has 15 heavy (non-hydrogen) atoms. The van der Waals surface area contributed by atoms with Crippen molar-refractivity contribution in [2.75, 3.05) is 13.2 Å². The van der Waals surface area contributed by atoms with Crippen LogP contribution >= 0.6 is 0 Å². The molecule has 1 aliphatic rings. The first-order valence-electron chi connectivity index (χ1n) is 5.30. The molecule has 1 atom stereocenters. The molecule has 78 valence electrons. The van der Waals surface area contributed by atoms with Crippen molar-refractivity contribution in [2.24, 2.45) is 0 Å². The van der Waals surface area contributed by atoms with E-state index in [9.17, 15) is 0 Å². The largest absolute Gasteiger partial charge is 0.493 e. The van der Waals surface area contributed by atoms with Crippen molar-refractivity contribution in [1.82, 2.24) is 5.32 Å². The maximum atomic E-state index is 5.58. The Hall–Kier alpha value is -1.46. The highest BCUT2D eigenvalue weighted by atomic mass is 16.5. The third-order valence-corrected chi connectivity index (χ3v) is 2.62. The number of rotatable bonds is 3. The second-order valence-corrected chi connectivity index (χ2v) is 3.64. The molecule has 0 fully saturated rings. The fourth-order valence-electron chi connectivity index (χ4n) is 1.87. The van der Waals surface area contributed by atoms with Gasteiger partial charge in [-0.1, -0.05) is 18.2 Å². The summed E-state index contributed by atoms with van der Waals surface area (Å²) in [6, 6.07) is 8.57. The number of hydrogen-bond acceptors (Lipinski definition) is 2. The first-order valence-corrected chi connectivity index (χ1v) is 5.30. The van der Waals surface area contributed by atoms with E-state index in [0.717, 1.165) is 31.7 Å². The summed E-state index contributed by atoms with van der Waals surface area (Å²) >= 11 is 0. The highest BCUT2D eigenvalue weighted by molar-refractivity contribution is 5.37. The number of para-hydroxylation sites is 1. The van der Waals surface area contributed by atoms with Crippen molar-refractivity contribution >= 4 is 0 Å². The molecular weight excluding hydrogens is 186 g/mol. The summed E-state index contributed by atoms with van der Waals surface area (Å²) < 4.78 is 5.58. The predicted molar refractivity (Wildman–Crippen MR) is 60.7 cm³/mol. The molecule has 1 aromatic rings. The van der Waals surface area contributed by atoms with Gasteiger partial charge in [-0.2, -0.15) is 0 Å². The van der Waals surface area contributed by atoms with Gasteiger partial charge < -0.3 is 10.1 Å². The minimum Gasteiger partial charge on any atom is -0.493 e. The van der Waals surface area contributed by atoms with Crippen molar-refractivity contribution in [3.63, 3.8) is 0 Å². The summed E-state index contributed by atoms with van der Waals surface area (Å²) in [6.45, 7) is 1.65. The molecule has 0 radical (unpaired) electrons. The Balaban J connectivity index is 2.06. The topological polar surface area (TPSA) is 21.3 Å². The Bertz CT molecular complexity index is 367. The highest BCUT2D eigenvalue weighted by Gasteiger charge is 2.19. The van der Waals surface area contributed by atoms with Gasteiger partial charge in [-0.3, -0.25) is 0 Å². The number of ether oxygens (including phenoxy) is 1. The van der Waals surface area contributed by atoms with Crippen molar-refractivity contribution < 1.29 is 4.74 Å². The summed E-state index contributed by atoms with van der Waals surface area (Å²) in [6.07, 6.45) is 7.02. The average Bonchev–Trinajstić information content (AvgIpc) is 2.30. The molecule has 0 aliphatic carbocycles. The minimum absolute atomic E-state index is 0.392. The zero-order chi connectivity index (χ0) is 10.5. The van der Waals surface area contributed by atoms with Crippen LogP contribution in [0.3, 0.4) is 0 Å². The SMILES string of the molecule is C#CCCNC1CCOc2ccccc21. The van der Waals surface area contributed by atoms with E-state index in [0.29, 0.717) is 6.04 Å². The number of terminal acetylenes is 1. The van der Waals surface area contributed by atoms with Gasteiger partial charge in [0, 0.05) is 31.0 Å². The maximum Gasteiger partial charge on any atom is 0.124 e. The second-order valence-electron chi connectivity index (χ2n) is 3.64. The predicted octanol–water partition coefficient (Wildman–Crippen LogP) is 2.12. The molecule has 1 N–H and O–H groups in total. The Labute approximate surface area is 90.6 Å². The summed E-state index contributed by atoms with van der Waals surface area (Å²) in [5.41, 5.74) is 1.25. The first-order chi connectivity index (χ1) is 7.42. The lowest BCUT2D eigenvalue weighted by atomic mass is 10.0. The normalized spacial score (nSPS) is 18.7. The second kappa shape index (κ2) is 4.86. The van der Waals surface area contributed by atoms with E-state index in [1.807, 2.05) is 18.2 Å². The standard InChI is InChI=1S/C13H15NO/c1-2-3-9-14-12-8-10-15-13-7-5-4-6-11(12)13/h1,4-7,12,14H,3,8-10H2. The Kier molecular flexibility index (Phi) is 3.26. The van der Waals surface area contributed by atoms with Crippen LogP contribution in [-0.2, 0) is 0 Å². The first kappa shape index (κ1) is 10.1. The van der Waals surface area contributed by atoms with Gasteiger partial charge in [0.2, 0.25) is 0 Å². The monoisotopic (exact) mass is 201 g/mol. The molecule has 0 saturated heterocycles. The molecule has 0 spiro atoms. The molecule has 0 amide bonds. The third-order valence-electron chi connectivity index (χ3n) is 2.62. The van der Waals surface area contributed by atoms with Crippen LogP contribution in [0.15, 0.2) is 24.3 Å². The molecule has 1 aliphatic heterocycles. The van der Waals surface area contributed by atoms with E-state index in [4.69, 9.17) is 11.2 Å². The van der Waals surface area contributed by atoms with E-state index >= 15 is 0 Å². The maximum absolute atomic E-state index is 5.58. The van der Waals surface area contributed by atoms with E-state index < -0.39 is 0 Å². The lowest BCUT2D eigenvalue weighted by molar-refractivity contribution is 0.253. The summed E-state index contributed by atoms with van der Waals surface area (Å²) in [7, 11) is 0. The zero-order valence-corrected chi connectivity index (χ0v) is 8.70. The van der Waals surface area contributed by atoms with E-state index in [-0.39, 0.29) is 0 Å². The molecule has 2 rings (SSSR count). The quantitative estimate of drug-likeness (QED) is 0.597. The van der Waals surface area contributed by atoms with Crippen molar-refractivity contribution in [3.05, 3.63) is 29.8 Å².